The molecule has 170 valence electrons. The lowest BCUT2D eigenvalue weighted by Crippen LogP contribution is -2.50. The van der Waals surface area contributed by atoms with E-state index in [0.717, 1.165) is 44.5 Å². The molecular weight excluding hydrogens is 412 g/mol. The van der Waals surface area contributed by atoms with Gasteiger partial charge in [-0.25, -0.2) is 0 Å². The van der Waals surface area contributed by atoms with Crippen molar-refractivity contribution in [2.24, 2.45) is 0 Å². The number of carbonyl (C=O) groups excluding carboxylic acids is 3. The van der Waals surface area contributed by atoms with Gasteiger partial charge in [-0.1, -0.05) is 42.3 Å². The van der Waals surface area contributed by atoms with Gasteiger partial charge in [0.05, 0.1) is 6.42 Å². The van der Waals surface area contributed by atoms with Crippen LogP contribution >= 0.6 is 11.9 Å². The van der Waals surface area contributed by atoms with E-state index in [9.17, 15) is 14.4 Å². The fraction of sp³-hybridized carbons (Fsp3) is 0.609. The van der Waals surface area contributed by atoms with E-state index in [4.69, 9.17) is 0 Å². The van der Waals surface area contributed by atoms with Gasteiger partial charge in [0.25, 0.3) is 0 Å². The van der Waals surface area contributed by atoms with Crippen LogP contribution in [0.15, 0.2) is 30.3 Å². The Bertz CT molecular complexity index is 746. The second-order valence-corrected chi connectivity index (χ2v) is 9.24. The van der Waals surface area contributed by atoms with Gasteiger partial charge in [-0.2, -0.15) is 0 Å². The summed E-state index contributed by atoms with van der Waals surface area (Å²) in [6, 6.07) is 9.67. The minimum Gasteiger partial charge on any atom is -0.343 e. The summed E-state index contributed by atoms with van der Waals surface area (Å²) in [6.45, 7) is 4.49. The van der Waals surface area contributed by atoms with Crippen molar-refractivity contribution in [1.82, 2.24) is 19.4 Å². The molecule has 1 N–H and O–H groups in total. The van der Waals surface area contributed by atoms with Crippen molar-refractivity contribution in [3.63, 3.8) is 0 Å². The Balaban J connectivity index is 1.56. The Morgan fingerprint density at radius 1 is 1.06 bits per heavy atom. The van der Waals surface area contributed by atoms with Gasteiger partial charge in [-0.15, -0.1) is 0 Å². The third-order valence-electron chi connectivity index (χ3n) is 6.25. The third kappa shape index (κ3) is 6.71. The predicted octanol–water partition coefficient (Wildman–Crippen LogP) is 2.27. The fourth-order valence-corrected chi connectivity index (χ4v) is 5.06. The molecule has 1 aromatic rings. The number of amides is 3. The molecule has 8 heteroatoms. The number of benzene rings is 1. The van der Waals surface area contributed by atoms with Gasteiger partial charge in [0.1, 0.15) is 6.04 Å². The molecule has 0 aliphatic carbocycles. The summed E-state index contributed by atoms with van der Waals surface area (Å²) in [5.74, 6) is 0.819. The van der Waals surface area contributed by atoms with Gasteiger partial charge in [0.2, 0.25) is 17.7 Å². The van der Waals surface area contributed by atoms with E-state index < -0.39 is 6.04 Å². The number of carbonyl (C=O) groups is 3. The molecule has 1 atom stereocenters. The predicted molar refractivity (Wildman–Crippen MR) is 123 cm³/mol. The zero-order chi connectivity index (χ0) is 22.2. The number of piperidine rings is 1. The summed E-state index contributed by atoms with van der Waals surface area (Å²) in [5, 5.41) is 0. The number of likely N-dealkylation sites (tertiary alicyclic amines) is 2. The highest BCUT2D eigenvalue weighted by Gasteiger charge is 2.32. The highest BCUT2D eigenvalue weighted by molar-refractivity contribution is 7.96. The average Bonchev–Trinajstić information content (AvgIpc) is 3.33. The van der Waals surface area contributed by atoms with Crippen LogP contribution in [0.2, 0.25) is 0 Å². The normalized spacial score (nSPS) is 18.1. The monoisotopic (exact) mass is 446 g/mol. The number of hydrogen-bond acceptors (Lipinski definition) is 5. The molecule has 2 aliphatic rings. The van der Waals surface area contributed by atoms with E-state index in [0.29, 0.717) is 13.1 Å². The van der Waals surface area contributed by atoms with Crippen molar-refractivity contribution in [2.45, 2.75) is 56.9 Å². The molecular formula is C23H34N4O3S. The van der Waals surface area contributed by atoms with Gasteiger partial charge in [-0.3, -0.25) is 19.1 Å². The Labute approximate surface area is 189 Å². The minimum atomic E-state index is -0.529. The molecule has 3 rings (SSSR count). The molecule has 3 amide bonds. The number of nitrogens with zero attached hydrogens (tertiary/aromatic N) is 3. The van der Waals surface area contributed by atoms with Crippen molar-refractivity contribution in [3.8, 4) is 0 Å². The van der Waals surface area contributed by atoms with Gasteiger partial charge >= 0.3 is 0 Å². The van der Waals surface area contributed by atoms with Crippen molar-refractivity contribution >= 4 is 29.7 Å². The molecule has 0 saturated carbocycles. The van der Waals surface area contributed by atoms with E-state index in [2.05, 4.69) is 16.9 Å². The van der Waals surface area contributed by atoms with Crippen LogP contribution in [0.25, 0.3) is 0 Å². The first-order valence-electron chi connectivity index (χ1n) is 11.2. The maximum atomic E-state index is 13.1. The number of hydrogen-bond donors (Lipinski definition) is 1. The van der Waals surface area contributed by atoms with Crippen LogP contribution in [-0.2, 0) is 20.1 Å². The molecule has 0 aromatic heterocycles. The van der Waals surface area contributed by atoms with Crippen LogP contribution in [0, 0.1) is 0 Å². The number of nitrogens with one attached hydrogen (secondary N) is 1. The molecule has 0 radical (unpaired) electrons. The van der Waals surface area contributed by atoms with Crippen LogP contribution in [-0.4, -0.2) is 77.7 Å². The molecule has 2 aliphatic heterocycles. The largest absolute Gasteiger partial charge is 0.343 e. The van der Waals surface area contributed by atoms with Crippen LogP contribution in [0.4, 0.5) is 0 Å². The molecule has 7 nitrogen and oxygen atoms in total. The Morgan fingerprint density at radius 2 is 1.71 bits per heavy atom. The second-order valence-electron chi connectivity index (χ2n) is 8.42. The molecule has 0 spiro atoms. The van der Waals surface area contributed by atoms with Crippen LogP contribution in [0.3, 0.4) is 0 Å². The van der Waals surface area contributed by atoms with Gasteiger partial charge in [-0.05, 0) is 31.2 Å². The summed E-state index contributed by atoms with van der Waals surface area (Å²) in [4.78, 5) is 43.2. The average molecular weight is 447 g/mol. The van der Waals surface area contributed by atoms with Crippen LogP contribution in [0.1, 0.15) is 44.6 Å². The molecule has 1 unspecified atom stereocenters. The lowest BCUT2D eigenvalue weighted by Gasteiger charge is -2.37. The fourth-order valence-electron chi connectivity index (χ4n) is 4.23. The second kappa shape index (κ2) is 11.5. The highest BCUT2D eigenvalue weighted by atomic mass is 32.2. The van der Waals surface area contributed by atoms with Gasteiger partial charge in [0, 0.05) is 51.9 Å². The third-order valence-corrected chi connectivity index (χ3v) is 7.18. The van der Waals surface area contributed by atoms with Crippen molar-refractivity contribution in [2.75, 3.05) is 33.2 Å². The molecule has 2 saturated heterocycles. The standard InChI is InChI=1S/C23H34N4O3S/c1-18(28)26-14-10-20(11-15-26)25(2)22(29)16-21(23(30)27-12-6-7-13-27)24-31-17-19-8-4-3-5-9-19/h3-5,8-9,20-21,24H,6-7,10-17H2,1-2H3. The van der Waals surface area contributed by atoms with Gasteiger partial charge in [0.15, 0.2) is 0 Å². The maximum Gasteiger partial charge on any atom is 0.241 e. The molecule has 2 heterocycles. The molecule has 1 aromatic carbocycles. The zero-order valence-corrected chi connectivity index (χ0v) is 19.4. The Morgan fingerprint density at radius 3 is 2.32 bits per heavy atom. The van der Waals surface area contributed by atoms with Crippen molar-refractivity contribution in [3.05, 3.63) is 35.9 Å². The minimum absolute atomic E-state index is 0.0196. The lowest BCUT2D eigenvalue weighted by atomic mass is 10.0. The summed E-state index contributed by atoms with van der Waals surface area (Å²) < 4.78 is 3.28. The topological polar surface area (TPSA) is 73.0 Å². The first-order valence-corrected chi connectivity index (χ1v) is 12.2. The summed E-state index contributed by atoms with van der Waals surface area (Å²) in [7, 11) is 1.82. The summed E-state index contributed by atoms with van der Waals surface area (Å²) in [6.07, 6.45) is 3.77. The summed E-state index contributed by atoms with van der Waals surface area (Å²) in [5.41, 5.74) is 1.17. The van der Waals surface area contributed by atoms with Gasteiger partial charge < -0.3 is 14.7 Å². The smallest absolute Gasteiger partial charge is 0.241 e. The Kier molecular flexibility index (Phi) is 8.78. The van der Waals surface area contributed by atoms with E-state index in [1.807, 2.05) is 35.0 Å². The molecule has 31 heavy (non-hydrogen) atoms. The molecule has 2 fully saturated rings. The van der Waals surface area contributed by atoms with E-state index in [-0.39, 0.29) is 30.2 Å². The SMILES string of the molecule is CC(=O)N1CCC(N(C)C(=O)CC(NSCc2ccccc2)C(=O)N2CCCC2)CC1. The first-order chi connectivity index (χ1) is 15.0. The Hall–Kier alpha value is -2.06. The number of rotatable bonds is 8. The molecule has 0 bridgehead atoms. The van der Waals surface area contributed by atoms with E-state index in [1.54, 1.807) is 11.8 Å². The lowest BCUT2D eigenvalue weighted by molar-refractivity contribution is -0.139. The summed E-state index contributed by atoms with van der Waals surface area (Å²) >= 11 is 1.48. The van der Waals surface area contributed by atoms with E-state index >= 15 is 0 Å². The zero-order valence-electron chi connectivity index (χ0n) is 18.6. The van der Waals surface area contributed by atoms with Crippen LogP contribution in [0.5, 0.6) is 0 Å². The van der Waals surface area contributed by atoms with Crippen molar-refractivity contribution < 1.29 is 14.4 Å². The van der Waals surface area contributed by atoms with E-state index in [1.165, 1.54) is 17.5 Å². The van der Waals surface area contributed by atoms with Crippen LogP contribution < -0.4 is 4.72 Å². The quantitative estimate of drug-likeness (QED) is 0.620. The maximum absolute atomic E-state index is 13.1. The first kappa shape index (κ1) is 23.6. The van der Waals surface area contributed by atoms with Crippen molar-refractivity contribution in [1.29, 1.82) is 0 Å². The highest BCUT2D eigenvalue weighted by Crippen LogP contribution is 2.19.